The maximum Gasteiger partial charge on any atom is 0.312 e. The number of Topliss-reactive ketones (excluding diaryl/α,β-unsaturated/α-hetero) is 2. The van der Waals surface area contributed by atoms with E-state index in [9.17, 15) is 83.4 Å². The number of carbonyl (C=O) groups is 11. The van der Waals surface area contributed by atoms with Gasteiger partial charge >= 0.3 is 6.03 Å². The zero-order valence-electron chi connectivity index (χ0n) is 72.0. The molecule has 2 aromatic carbocycles. The number of imide groups is 2. The molecule has 3 heterocycles. The highest BCUT2D eigenvalue weighted by Gasteiger charge is 2.59. The van der Waals surface area contributed by atoms with E-state index in [0.717, 1.165) is 68.1 Å². The van der Waals surface area contributed by atoms with E-state index in [1.54, 1.807) is 26.8 Å². The molecule has 2 saturated heterocycles. The molecule has 678 valence electrons. The van der Waals surface area contributed by atoms with Crippen molar-refractivity contribution in [1.29, 1.82) is 0 Å². The summed E-state index contributed by atoms with van der Waals surface area (Å²) >= 11 is 0. The van der Waals surface area contributed by atoms with E-state index in [-0.39, 0.29) is 177 Å². The van der Waals surface area contributed by atoms with Crippen LogP contribution in [0.1, 0.15) is 211 Å². The Hall–Kier alpha value is -8.13. The number of aliphatic hydroxyl groups is 5. The third-order valence-corrected chi connectivity index (χ3v) is 27.0. The average Bonchev–Trinajstić information content (AvgIpc) is 0.876. The van der Waals surface area contributed by atoms with Gasteiger partial charge in [0.2, 0.25) is 47.3 Å². The van der Waals surface area contributed by atoms with Crippen LogP contribution < -0.4 is 48.6 Å². The molecule has 10 rings (SSSR count). The maximum atomic E-state index is 15.0. The Balaban J connectivity index is 0.739. The van der Waals surface area contributed by atoms with E-state index < -0.39 is 144 Å². The topological polar surface area (TPSA) is 493 Å². The second-order valence-electron chi connectivity index (χ2n) is 35.8. The van der Waals surface area contributed by atoms with E-state index in [1.807, 2.05) is 44.2 Å². The van der Waals surface area contributed by atoms with Crippen LogP contribution in [0, 0.1) is 40.4 Å². The molecule has 2 saturated carbocycles. The zero-order chi connectivity index (χ0) is 88.2. The lowest BCUT2D eigenvalue weighted by molar-refractivity contribution is -0.266. The largest absolute Gasteiger partial charge is 0.508 e. The molecule has 122 heavy (non-hydrogen) atoms. The van der Waals surface area contributed by atoms with Gasteiger partial charge < -0.3 is 96.8 Å². The zero-order valence-corrected chi connectivity index (χ0v) is 72.0. The maximum absolute atomic E-state index is 15.0. The Labute approximate surface area is 714 Å². The van der Waals surface area contributed by atoms with Crippen LogP contribution in [0.3, 0.4) is 0 Å². The lowest BCUT2D eigenvalue weighted by atomic mass is 9.49. The Morgan fingerprint density at radius 3 is 1.89 bits per heavy atom. The molecule has 5 aliphatic carbocycles. The molecular formula is C88H133N11O23. The SMILES string of the molecule is CC1CC(=O)N(CCOCCOCCOCCOCCC(=O)N[C@H](CCCCNC(=O)COC2CCCCCC3=C2NNN3[C@@H]2O[C@H](CO)[C@H](O)[C@H](O)[C@H]2O)C(=O)N[C@H](C(=O)C[C@@H](CCCNC(N)=O)C(=O)N[C@@H](CO)C(=O)Cc2ccc3c(c2)[C@@]2(C)CCC[C@](C)(C(=O)NC(=O)[C@@]4(C)CCC[C@]5(C)c6cc(O)ccc6CC[C@@H]45)[C@@H]2CC3)C(C)C)C1=O. The highest BCUT2D eigenvalue weighted by atomic mass is 16.6. The molecule has 3 aliphatic heterocycles. The standard InChI is InChI=1S/C88H133N11O23/c1-52(2)73(65(104)47-57(16-13-34-91-84(89)116)78(111)93-62(49-100)64(103)46-54-20-21-55-23-26-68-85(4,59(55)45-54)29-14-31-87(68,6)82(114)95-83(115)88(7)32-15-30-86(5)60-48-58(102)25-22-56(60)24-27-69(86)88)94-79(112)61(92-70(105)28-36-117-38-40-119-42-43-120-41-39-118-37-35-98-72(107)44-53(3)80(98)113)17-11-12-33-90-71(106)51-121-66-19-10-8-9-18-63-74(66)96-97-99(63)81-77(110)76(109)75(108)67(50-101)122-81/h20-22,25,45,48,52-53,57,61-62,66-69,73,75-77,81,96-97,100-102,108-110H,8-19,23-24,26-44,46-47,49-51H2,1-7H3,(H,90,106)(H,92,105)(H,93,111)(H,94,112)(H3,89,91,116)(H,95,114,115)/t53?,57-,61-,62+,66?,67-,68-,69-,73+,75+,76+,77-,81-,85-,86-,87+,88+/m1/s1. The fraction of sp³-hybridized carbons (Fsp3) is 0.716. The molecule has 4 fully saturated rings. The van der Waals surface area contributed by atoms with Gasteiger partial charge in [-0.2, -0.15) is 0 Å². The lowest BCUT2D eigenvalue weighted by Gasteiger charge is -2.56. The van der Waals surface area contributed by atoms with Crippen molar-refractivity contribution in [2.45, 2.75) is 268 Å². The number of primary amides is 1. The van der Waals surface area contributed by atoms with Gasteiger partial charge in [-0.1, -0.05) is 98.4 Å². The number of nitrogens with zero attached hydrogens (tertiary/aromatic N) is 2. The van der Waals surface area contributed by atoms with E-state index in [0.29, 0.717) is 68.3 Å². The summed E-state index contributed by atoms with van der Waals surface area (Å²) in [4.78, 5) is 153. The van der Waals surface area contributed by atoms with E-state index in [4.69, 9.17) is 34.2 Å². The number of hydrogen-bond acceptors (Lipinski definition) is 26. The van der Waals surface area contributed by atoms with E-state index >= 15 is 0 Å². The average molecular weight is 1710 g/mol. The summed E-state index contributed by atoms with van der Waals surface area (Å²) in [6.45, 7) is 13.5. The van der Waals surface area contributed by atoms with Gasteiger partial charge in [-0.05, 0) is 171 Å². The number of hydrogen-bond donors (Lipinski definition) is 15. The molecule has 34 nitrogen and oxygen atoms in total. The van der Waals surface area contributed by atoms with E-state index in [1.165, 1.54) is 15.5 Å². The molecule has 0 bridgehead atoms. The van der Waals surface area contributed by atoms with Gasteiger partial charge in [-0.25, -0.2) is 4.79 Å². The number of unbranched alkanes of at least 4 members (excludes halogenated alkanes) is 1. The number of phenolic OH excluding ortho intramolecular Hbond substituents is 1. The molecular weight excluding hydrogens is 1580 g/mol. The summed E-state index contributed by atoms with van der Waals surface area (Å²) in [5.41, 5.74) is 15.0. The van der Waals surface area contributed by atoms with Crippen molar-refractivity contribution in [3.8, 4) is 5.75 Å². The van der Waals surface area contributed by atoms with Crippen LogP contribution in [-0.4, -0.2) is 253 Å². The number of aliphatic hydroxyl groups excluding tert-OH is 5. The van der Waals surface area contributed by atoms with Crippen molar-refractivity contribution in [3.63, 3.8) is 0 Å². The molecule has 0 radical (unpaired) electrons. The molecule has 8 aliphatic rings. The number of aromatic hydroxyl groups is 1. The molecule has 16 N–H and O–H groups in total. The van der Waals surface area contributed by atoms with Crippen molar-refractivity contribution < 1.29 is 112 Å². The number of nitrogens with one attached hydrogen (secondary N) is 8. The van der Waals surface area contributed by atoms with Gasteiger partial charge in [-0.3, -0.25) is 63.2 Å². The predicted molar refractivity (Wildman–Crippen MR) is 443 cm³/mol. The molecule has 2 unspecified atom stereocenters. The summed E-state index contributed by atoms with van der Waals surface area (Å²) in [6.07, 6.45) is 3.15. The molecule has 0 aromatic heterocycles. The Kier molecular flexibility index (Phi) is 34.8. The van der Waals surface area contributed by atoms with Gasteiger partial charge in [-0.15, -0.1) is 5.53 Å². The normalized spacial score (nSPS) is 27.9. The number of allylic oxidation sites excluding steroid dienone is 1. The van der Waals surface area contributed by atoms with Crippen LogP contribution in [0.2, 0.25) is 0 Å². The van der Waals surface area contributed by atoms with Crippen LogP contribution in [0.15, 0.2) is 47.8 Å². The van der Waals surface area contributed by atoms with Gasteiger partial charge in [0.1, 0.15) is 55.0 Å². The summed E-state index contributed by atoms with van der Waals surface area (Å²) in [7, 11) is 0. The first-order valence-electron chi connectivity index (χ1n) is 44.0. The Morgan fingerprint density at radius 1 is 0.648 bits per heavy atom. The molecule has 10 amide bonds. The Morgan fingerprint density at radius 2 is 1.27 bits per heavy atom. The number of nitrogens with two attached hydrogens (primary N) is 1. The summed E-state index contributed by atoms with van der Waals surface area (Å²) < 4.78 is 34.4. The quantitative estimate of drug-likeness (QED) is 0.0335. The highest BCUT2D eigenvalue weighted by Crippen LogP contribution is 2.60. The monoisotopic (exact) mass is 1710 g/mol. The van der Waals surface area contributed by atoms with Gasteiger partial charge in [0.05, 0.1) is 101 Å². The summed E-state index contributed by atoms with van der Waals surface area (Å²) in [6, 6.07) is 6.73. The van der Waals surface area contributed by atoms with Crippen molar-refractivity contribution in [2.75, 3.05) is 92.3 Å². The number of ether oxygens (including phenoxy) is 6. The minimum Gasteiger partial charge on any atom is -0.508 e. The van der Waals surface area contributed by atoms with Crippen LogP contribution >= 0.6 is 0 Å². The number of benzene rings is 2. The fourth-order valence-electron chi connectivity index (χ4n) is 20.1. The third-order valence-electron chi connectivity index (χ3n) is 27.0. The number of fused-ring (bicyclic) bond motifs is 6. The van der Waals surface area contributed by atoms with Crippen molar-refractivity contribution in [2.24, 2.45) is 46.2 Å². The second-order valence-corrected chi connectivity index (χ2v) is 35.8. The van der Waals surface area contributed by atoms with Crippen LogP contribution in [-0.2, 0) is 106 Å². The molecule has 34 heteroatoms. The lowest BCUT2D eigenvalue weighted by Crippen LogP contribution is -2.64. The number of hydrazine groups is 2. The van der Waals surface area contributed by atoms with Gasteiger partial charge in [0, 0.05) is 50.6 Å². The number of ketones is 2. The van der Waals surface area contributed by atoms with Crippen LogP contribution in [0.5, 0.6) is 5.75 Å². The van der Waals surface area contributed by atoms with Crippen molar-refractivity contribution in [1.82, 2.24) is 52.8 Å². The number of likely N-dealkylation sites (tertiary alicyclic amines) is 1. The highest BCUT2D eigenvalue weighted by molar-refractivity contribution is 6.03. The number of amides is 10. The number of rotatable bonds is 44. The smallest absolute Gasteiger partial charge is 0.312 e. The number of urea groups is 1. The van der Waals surface area contributed by atoms with Gasteiger partial charge in [0.15, 0.2) is 17.8 Å². The predicted octanol–water partition coefficient (Wildman–Crippen LogP) is 2.82. The third kappa shape index (κ3) is 23.5. The van der Waals surface area contributed by atoms with Crippen LogP contribution in [0.4, 0.5) is 4.79 Å². The molecule has 2 aromatic rings. The number of carbonyl (C=O) groups excluding carboxylic acids is 11. The minimum absolute atomic E-state index is 0.00252. The van der Waals surface area contributed by atoms with Crippen molar-refractivity contribution in [3.05, 3.63) is 75.6 Å². The van der Waals surface area contributed by atoms with Crippen molar-refractivity contribution >= 4 is 64.9 Å². The first-order chi connectivity index (χ1) is 58.3. The minimum atomic E-state index is -1.61. The number of aryl methyl sites for hydroxylation is 2. The fourth-order valence-corrected chi connectivity index (χ4v) is 20.1. The molecule has 0 spiro atoms. The number of phenols is 1. The second kappa shape index (κ2) is 44.2. The summed E-state index contributed by atoms with van der Waals surface area (Å²) in [5, 5.41) is 81.5. The summed E-state index contributed by atoms with van der Waals surface area (Å²) in [5.74, 6) is -6.56. The first-order valence-corrected chi connectivity index (χ1v) is 44.0. The van der Waals surface area contributed by atoms with E-state index in [2.05, 4.69) is 56.7 Å². The van der Waals surface area contributed by atoms with Gasteiger partial charge in [0.25, 0.3) is 0 Å². The van der Waals surface area contributed by atoms with Crippen LogP contribution in [0.25, 0.3) is 0 Å². The Bertz CT molecular complexity index is 4040. The molecule has 17 atom stereocenters. The first kappa shape index (κ1) is 96.1.